The van der Waals surface area contributed by atoms with Gasteiger partial charge in [-0.15, -0.1) is 0 Å². The highest BCUT2D eigenvalue weighted by atomic mass is 16.5. The number of amides is 1. The van der Waals surface area contributed by atoms with Crippen LogP contribution in [0.1, 0.15) is 63.3 Å². The smallest absolute Gasteiger partial charge is 0.295 e. The number of rotatable bonds is 5. The van der Waals surface area contributed by atoms with E-state index in [2.05, 4.69) is 32.6 Å². The molecule has 0 saturated carbocycles. The first-order chi connectivity index (χ1) is 16.1. The molecule has 2 aromatic carbocycles. The van der Waals surface area contributed by atoms with Crippen molar-refractivity contribution in [2.45, 2.75) is 52.0 Å². The van der Waals surface area contributed by atoms with E-state index < -0.39 is 17.7 Å². The van der Waals surface area contributed by atoms with Crippen molar-refractivity contribution in [2.24, 2.45) is 0 Å². The summed E-state index contributed by atoms with van der Waals surface area (Å²) >= 11 is 0. The molecule has 4 rings (SSSR count). The molecule has 0 spiro atoms. The molecule has 6 nitrogen and oxygen atoms in total. The van der Waals surface area contributed by atoms with Gasteiger partial charge in [-0.25, -0.2) is 0 Å². The van der Waals surface area contributed by atoms with Crippen LogP contribution in [-0.2, 0) is 15.0 Å². The average Bonchev–Trinajstić information content (AvgIpc) is 3.06. The number of benzene rings is 2. The Balaban J connectivity index is 1.83. The van der Waals surface area contributed by atoms with E-state index in [0.29, 0.717) is 18.7 Å². The van der Waals surface area contributed by atoms with E-state index in [4.69, 9.17) is 4.74 Å². The lowest BCUT2D eigenvalue weighted by molar-refractivity contribution is -0.139. The molecule has 0 aromatic heterocycles. The lowest BCUT2D eigenvalue weighted by atomic mass is 9.85. The van der Waals surface area contributed by atoms with Crippen LogP contribution in [0.3, 0.4) is 0 Å². The molecule has 1 atom stereocenters. The number of Topliss-reactive ketones (excluding diaryl/α,β-unsaturated/α-hetero) is 1. The van der Waals surface area contributed by atoms with Crippen molar-refractivity contribution < 1.29 is 19.4 Å². The van der Waals surface area contributed by atoms with Crippen LogP contribution in [0.4, 0.5) is 5.69 Å². The van der Waals surface area contributed by atoms with Crippen molar-refractivity contribution >= 4 is 23.1 Å². The number of likely N-dealkylation sites (N-methyl/N-ethyl adjacent to an activating group) is 1. The largest absolute Gasteiger partial charge is 0.507 e. The number of hydrogen-bond donors (Lipinski definition) is 1. The van der Waals surface area contributed by atoms with Crippen molar-refractivity contribution in [1.82, 2.24) is 4.90 Å². The van der Waals surface area contributed by atoms with Crippen LogP contribution in [0.5, 0.6) is 5.75 Å². The molecular weight excluding hydrogens is 428 g/mol. The summed E-state index contributed by atoms with van der Waals surface area (Å²) in [4.78, 5) is 29.9. The van der Waals surface area contributed by atoms with Gasteiger partial charge in [-0.2, -0.15) is 0 Å². The van der Waals surface area contributed by atoms with Gasteiger partial charge in [0.15, 0.2) is 0 Å². The average molecular weight is 463 g/mol. The number of unbranched alkanes of at least 4 members (excludes halogenated alkanes) is 1. The molecule has 1 amide bonds. The maximum Gasteiger partial charge on any atom is 0.295 e. The van der Waals surface area contributed by atoms with Gasteiger partial charge >= 0.3 is 0 Å². The van der Waals surface area contributed by atoms with Gasteiger partial charge in [0.05, 0.1) is 23.8 Å². The van der Waals surface area contributed by atoms with Gasteiger partial charge in [-0.1, -0.05) is 58.4 Å². The van der Waals surface area contributed by atoms with Crippen LogP contribution in [0.15, 0.2) is 48.0 Å². The standard InChI is InChI=1S/C28H34N2O4/c1-6-7-14-30-24(18-8-11-20(12-9-18)28(2,3)4)23(26(32)27(30)33)25(31)19-10-13-22-21(17-19)29(5)15-16-34-22/h8-13,17,24,31H,6-7,14-16H2,1-5H3/b25-23-. The lowest BCUT2D eigenvalue weighted by Crippen LogP contribution is -2.30. The van der Waals surface area contributed by atoms with Crippen molar-refractivity contribution in [3.8, 4) is 5.75 Å². The third kappa shape index (κ3) is 4.29. The quantitative estimate of drug-likeness (QED) is 0.383. The van der Waals surface area contributed by atoms with Crippen molar-refractivity contribution in [3.63, 3.8) is 0 Å². The van der Waals surface area contributed by atoms with E-state index in [1.807, 2.05) is 37.4 Å². The maximum absolute atomic E-state index is 13.2. The minimum atomic E-state index is -0.638. The lowest BCUT2D eigenvalue weighted by Gasteiger charge is -2.28. The number of fused-ring (bicyclic) bond motifs is 1. The highest BCUT2D eigenvalue weighted by Gasteiger charge is 2.45. The SMILES string of the molecule is CCCCN1C(=O)C(=O)/C(=C(\O)c2ccc3c(c2)N(C)CCO3)C1c1ccc(C(C)(C)C)cc1. The van der Waals surface area contributed by atoms with Gasteiger partial charge in [-0.3, -0.25) is 9.59 Å². The number of aliphatic hydroxyl groups excluding tert-OH is 1. The second-order valence-electron chi connectivity index (χ2n) is 10.2. The van der Waals surface area contributed by atoms with Crippen LogP contribution in [0.25, 0.3) is 5.76 Å². The number of anilines is 1. The molecule has 1 N–H and O–H groups in total. The summed E-state index contributed by atoms with van der Waals surface area (Å²) in [6.45, 7) is 10.3. The predicted octanol–water partition coefficient (Wildman–Crippen LogP) is 5.03. The Kier molecular flexibility index (Phi) is 6.43. The first-order valence-corrected chi connectivity index (χ1v) is 12.0. The summed E-state index contributed by atoms with van der Waals surface area (Å²) in [5.41, 5.74) is 3.47. The summed E-state index contributed by atoms with van der Waals surface area (Å²) in [6, 6.07) is 12.8. The van der Waals surface area contributed by atoms with E-state index in [1.54, 1.807) is 17.0 Å². The summed E-state index contributed by atoms with van der Waals surface area (Å²) in [5, 5.41) is 11.4. The molecule has 1 saturated heterocycles. The van der Waals surface area contributed by atoms with E-state index in [-0.39, 0.29) is 16.7 Å². The number of carbonyl (C=O) groups is 2. The number of nitrogens with zero attached hydrogens (tertiary/aromatic N) is 2. The first-order valence-electron chi connectivity index (χ1n) is 12.0. The number of ether oxygens (including phenoxy) is 1. The molecule has 180 valence electrons. The molecule has 1 fully saturated rings. The monoisotopic (exact) mass is 462 g/mol. The fourth-order valence-electron chi connectivity index (χ4n) is 4.60. The minimum absolute atomic E-state index is 0.0141. The Morgan fingerprint density at radius 3 is 2.47 bits per heavy atom. The molecule has 34 heavy (non-hydrogen) atoms. The molecule has 1 unspecified atom stereocenters. The molecule has 6 heteroatoms. The van der Waals surface area contributed by atoms with Crippen LogP contribution < -0.4 is 9.64 Å². The Morgan fingerprint density at radius 1 is 1.12 bits per heavy atom. The van der Waals surface area contributed by atoms with Gasteiger partial charge in [0.2, 0.25) is 0 Å². The molecule has 0 aliphatic carbocycles. The molecule has 2 heterocycles. The summed E-state index contributed by atoms with van der Waals surface area (Å²) in [6.07, 6.45) is 1.68. The number of aliphatic hydroxyl groups is 1. The van der Waals surface area contributed by atoms with Crippen LogP contribution in [0.2, 0.25) is 0 Å². The van der Waals surface area contributed by atoms with Crippen molar-refractivity contribution in [1.29, 1.82) is 0 Å². The summed E-state index contributed by atoms with van der Waals surface area (Å²) in [5.74, 6) is -0.605. The zero-order chi connectivity index (χ0) is 24.6. The van der Waals surface area contributed by atoms with Gasteiger partial charge < -0.3 is 19.6 Å². The topological polar surface area (TPSA) is 70.1 Å². The Hall–Kier alpha value is -3.28. The minimum Gasteiger partial charge on any atom is -0.507 e. The summed E-state index contributed by atoms with van der Waals surface area (Å²) < 4.78 is 5.71. The number of carbonyl (C=O) groups excluding carboxylic acids is 2. The second kappa shape index (κ2) is 9.16. The van der Waals surface area contributed by atoms with Crippen LogP contribution in [0, 0.1) is 0 Å². The molecule has 2 aliphatic heterocycles. The third-order valence-electron chi connectivity index (χ3n) is 6.71. The van der Waals surface area contributed by atoms with Gasteiger partial charge in [-0.05, 0) is 41.2 Å². The zero-order valence-corrected chi connectivity index (χ0v) is 20.7. The van der Waals surface area contributed by atoms with Crippen molar-refractivity contribution in [3.05, 3.63) is 64.7 Å². The zero-order valence-electron chi connectivity index (χ0n) is 20.7. The van der Waals surface area contributed by atoms with Crippen LogP contribution >= 0.6 is 0 Å². The third-order valence-corrected chi connectivity index (χ3v) is 6.71. The fourth-order valence-corrected chi connectivity index (χ4v) is 4.60. The highest BCUT2D eigenvalue weighted by molar-refractivity contribution is 6.46. The van der Waals surface area contributed by atoms with Crippen molar-refractivity contribution in [2.75, 3.05) is 31.6 Å². The van der Waals surface area contributed by atoms with E-state index in [1.165, 1.54) is 5.56 Å². The first kappa shape index (κ1) is 23.9. The predicted molar refractivity (Wildman–Crippen MR) is 134 cm³/mol. The highest BCUT2D eigenvalue weighted by Crippen LogP contribution is 2.41. The second-order valence-corrected chi connectivity index (χ2v) is 10.2. The number of ketones is 1. The molecule has 0 radical (unpaired) electrons. The molecular formula is C28H34N2O4. The Morgan fingerprint density at radius 2 is 1.82 bits per heavy atom. The number of hydrogen-bond acceptors (Lipinski definition) is 5. The maximum atomic E-state index is 13.2. The molecule has 0 bridgehead atoms. The Labute approximate surface area is 201 Å². The van der Waals surface area contributed by atoms with Gasteiger partial charge in [0, 0.05) is 19.2 Å². The molecule has 2 aromatic rings. The molecule has 2 aliphatic rings. The van der Waals surface area contributed by atoms with E-state index in [0.717, 1.165) is 36.4 Å². The van der Waals surface area contributed by atoms with Gasteiger partial charge in [0.25, 0.3) is 11.7 Å². The van der Waals surface area contributed by atoms with Gasteiger partial charge in [0.1, 0.15) is 18.1 Å². The normalized spacial score (nSPS) is 19.9. The summed E-state index contributed by atoms with van der Waals surface area (Å²) in [7, 11) is 1.96. The number of likely N-dealkylation sites (tertiary alicyclic amines) is 1. The van der Waals surface area contributed by atoms with E-state index >= 15 is 0 Å². The Bertz CT molecular complexity index is 1130. The van der Waals surface area contributed by atoms with Crippen LogP contribution in [-0.4, -0.2) is 48.4 Å². The van der Waals surface area contributed by atoms with E-state index in [9.17, 15) is 14.7 Å². The fraction of sp³-hybridized carbons (Fsp3) is 0.429.